The van der Waals surface area contributed by atoms with Gasteiger partial charge in [0.15, 0.2) is 0 Å². The highest BCUT2D eigenvalue weighted by atomic mass is 35.5. The van der Waals surface area contributed by atoms with Crippen molar-refractivity contribution in [3.63, 3.8) is 0 Å². The van der Waals surface area contributed by atoms with Gasteiger partial charge in [0.2, 0.25) is 0 Å². The molecule has 0 radical (unpaired) electrons. The first-order valence-electron chi connectivity index (χ1n) is 8.34. The van der Waals surface area contributed by atoms with Crippen LogP contribution in [0.25, 0.3) is 0 Å². The van der Waals surface area contributed by atoms with Crippen molar-refractivity contribution >= 4 is 11.6 Å². The van der Waals surface area contributed by atoms with Gasteiger partial charge < -0.3 is 10.1 Å². The van der Waals surface area contributed by atoms with Crippen molar-refractivity contribution in [2.75, 3.05) is 13.7 Å². The smallest absolute Gasteiger partial charge is 0.122 e. The SMILES string of the molecule is COc1ccc(Cl)cc1C1CCCCCC1CNC1CC1. The van der Waals surface area contributed by atoms with Crippen molar-refractivity contribution in [2.24, 2.45) is 5.92 Å². The van der Waals surface area contributed by atoms with E-state index in [0.717, 1.165) is 23.4 Å². The standard InChI is InChI=1S/C18H26ClNO/c1-21-18-10-7-14(19)11-17(18)16-6-4-2-3-5-13(16)12-20-15-8-9-15/h7,10-11,13,15-16,20H,2-6,8-9,12H2,1H3. The van der Waals surface area contributed by atoms with E-state index in [2.05, 4.69) is 11.4 Å². The van der Waals surface area contributed by atoms with Crippen molar-refractivity contribution < 1.29 is 4.74 Å². The van der Waals surface area contributed by atoms with Crippen molar-refractivity contribution in [3.05, 3.63) is 28.8 Å². The Morgan fingerprint density at radius 3 is 2.71 bits per heavy atom. The van der Waals surface area contributed by atoms with E-state index in [0.29, 0.717) is 11.8 Å². The minimum Gasteiger partial charge on any atom is -0.496 e. The number of rotatable bonds is 5. The molecule has 2 unspecified atom stereocenters. The first kappa shape index (κ1) is 15.2. The molecule has 2 aliphatic rings. The van der Waals surface area contributed by atoms with E-state index in [1.165, 1.54) is 50.5 Å². The second kappa shape index (κ2) is 7.02. The van der Waals surface area contributed by atoms with E-state index in [9.17, 15) is 0 Å². The second-order valence-corrected chi connectivity index (χ2v) is 7.01. The summed E-state index contributed by atoms with van der Waals surface area (Å²) in [4.78, 5) is 0. The zero-order valence-electron chi connectivity index (χ0n) is 12.9. The quantitative estimate of drug-likeness (QED) is 0.792. The van der Waals surface area contributed by atoms with E-state index >= 15 is 0 Å². The van der Waals surface area contributed by atoms with Crippen molar-refractivity contribution in [1.29, 1.82) is 0 Å². The molecule has 0 bridgehead atoms. The molecule has 21 heavy (non-hydrogen) atoms. The molecule has 2 saturated carbocycles. The molecular formula is C18H26ClNO. The molecule has 2 fully saturated rings. The lowest BCUT2D eigenvalue weighted by atomic mass is 9.82. The monoisotopic (exact) mass is 307 g/mol. The van der Waals surface area contributed by atoms with Crippen LogP contribution in [0.2, 0.25) is 5.02 Å². The number of hydrogen-bond acceptors (Lipinski definition) is 2. The topological polar surface area (TPSA) is 21.3 Å². The Morgan fingerprint density at radius 1 is 1.14 bits per heavy atom. The lowest BCUT2D eigenvalue weighted by Crippen LogP contribution is -2.28. The van der Waals surface area contributed by atoms with E-state index in [1.807, 2.05) is 12.1 Å². The molecule has 3 rings (SSSR count). The second-order valence-electron chi connectivity index (χ2n) is 6.57. The van der Waals surface area contributed by atoms with Gasteiger partial charge in [-0.25, -0.2) is 0 Å². The van der Waals surface area contributed by atoms with Gasteiger partial charge in [-0.1, -0.05) is 30.9 Å². The molecule has 116 valence electrons. The first-order valence-corrected chi connectivity index (χ1v) is 8.72. The molecule has 3 heteroatoms. The number of halogens is 1. The molecule has 0 heterocycles. The maximum absolute atomic E-state index is 6.25. The van der Waals surface area contributed by atoms with Crippen LogP contribution in [-0.2, 0) is 0 Å². The summed E-state index contributed by atoms with van der Waals surface area (Å²) in [5, 5.41) is 4.56. The molecular weight excluding hydrogens is 282 g/mol. The predicted molar refractivity (Wildman–Crippen MR) is 88.3 cm³/mol. The Hall–Kier alpha value is -0.730. The van der Waals surface area contributed by atoms with Crippen LogP contribution in [-0.4, -0.2) is 19.7 Å². The number of nitrogens with one attached hydrogen (secondary N) is 1. The largest absolute Gasteiger partial charge is 0.496 e. The summed E-state index contributed by atoms with van der Waals surface area (Å²) in [6.07, 6.45) is 9.33. The van der Waals surface area contributed by atoms with Crippen LogP contribution in [0.1, 0.15) is 56.4 Å². The third-order valence-electron chi connectivity index (χ3n) is 5.00. The number of benzene rings is 1. The molecule has 1 aromatic rings. The maximum atomic E-state index is 6.25. The van der Waals surface area contributed by atoms with Gasteiger partial charge in [0.1, 0.15) is 5.75 Å². The van der Waals surface area contributed by atoms with Gasteiger partial charge in [0, 0.05) is 11.1 Å². The third-order valence-corrected chi connectivity index (χ3v) is 5.23. The first-order chi connectivity index (χ1) is 10.3. The van der Waals surface area contributed by atoms with Crippen molar-refractivity contribution in [3.8, 4) is 5.75 Å². The molecule has 0 aromatic heterocycles. The number of hydrogen-bond donors (Lipinski definition) is 1. The molecule has 2 aliphatic carbocycles. The lowest BCUT2D eigenvalue weighted by Gasteiger charge is -2.27. The fraction of sp³-hybridized carbons (Fsp3) is 0.667. The molecule has 1 aromatic carbocycles. The van der Waals surface area contributed by atoms with Gasteiger partial charge in [-0.3, -0.25) is 0 Å². The molecule has 0 amide bonds. The van der Waals surface area contributed by atoms with Gasteiger partial charge in [0.05, 0.1) is 7.11 Å². The highest BCUT2D eigenvalue weighted by Gasteiger charge is 2.29. The minimum atomic E-state index is 0.576. The van der Waals surface area contributed by atoms with Crippen LogP contribution in [0.5, 0.6) is 5.75 Å². The van der Waals surface area contributed by atoms with Crippen molar-refractivity contribution in [1.82, 2.24) is 5.32 Å². The Morgan fingerprint density at radius 2 is 1.95 bits per heavy atom. The van der Waals surface area contributed by atoms with E-state index in [4.69, 9.17) is 16.3 Å². The zero-order chi connectivity index (χ0) is 14.7. The fourth-order valence-electron chi connectivity index (χ4n) is 3.64. The van der Waals surface area contributed by atoms with Crippen LogP contribution in [0.4, 0.5) is 0 Å². The van der Waals surface area contributed by atoms with Gasteiger partial charge in [0.25, 0.3) is 0 Å². The van der Waals surface area contributed by atoms with Gasteiger partial charge in [-0.15, -0.1) is 0 Å². The molecule has 1 N–H and O–H groups in total. The highest BCUT2D eigenvalue weighted by molar-refractivity contribution is 6.30. The zero-order valence-corrected chi connectivity index (χ0v) is 13.7. The van der Waals surface area contributed by atoms with Crippen LogP contribution < -0.4 is 10.1 Å². The summed E-state index contributed by atoms with van der Waals surface area (Å²) in [5.74, 6) is 2.29. The van der Waals surface area contributed by atoms with E-state index in [1.54, 1.807) is 7.11 Å². The van der Waals surface area contributed by atoms with Crippen LogP contribution in [0, 0.1) is 5.92 Å². The predicted octanol–water partition coefficient (Wildman–Crippen LogP) is 4.76. The number of ether oxygens (including phenoxy) is 1. The third kappa shape index (κ3) is 3.92. The average molecular weight is 308 g/mol. The lowest BCUT2D eigenvalue weighted by molar-refractivity contribution is 0.353. The maximum Gasteiger partial charge on any atom is 0.122 e. The summed E-state index contributed by atoms with van der Waals surface area (Å²) in [6.45, 7) is 1.14. The Bertz CT molecular complexity index is 472. The summed E-state index contributed by atoms with van der Waals surface area (Å²) in [6, 6.07) is 6.86. The Balaban J connectivity index is 1.81. The van der Waals surface area contributed by atoms with Gasteiger partial charge in [-0.05, 0) is 67.8 Å². The van der Waals surface area contributed by atoms with Crippen LogP contribution >= 0.6 is 11.6 Å². The molecule has 0 saturated heterocycles. The normalized spacial score (nSPS) is 26.4. The molecule has 0 aliphatic heterocycles. The Labute approximate surface area is 133 Å². The van der Waals surface area contributed by atoms with Gasteiger partial charge >= 0.3 is 0 Å². The van der Waals surface area contributed by atoms with Crippen LogP contribution in [0.3, 0.4) is 0 Å². The summed E-state index contributed by atoms with van der Waals surface area (Å²) in [7, 11) is 1.76. The fourth-order valence-corrected chi connectivity index (χ4v) is 3.82. The summed E-state index contributed by atoms with van der Waals surface area (Å²) < 4.78 is 5.60. The summed E-state index contributed by atoms with van der Waals surface area (Å²) in [5.41, 5.74) is 1.31. The van der Waals surface area contributed by atoms with Crippen LogP contribution in [0.15, 0.2) is 18.2 Å². The molecule has 2 nitrogen and oxygen atoms in total. The summed E-state index contributed by atoms with van der Waals surface area (Å²) >= 11 is 6.25. The highest BCUT2D eigenvalue weighted by Crippen LogP contribution is 2.41. The van der Waals surface area contributed by atoms with E-state index in [-0.39, 0.29) is 0 Å². The molecule has 0 spiro atoms. The van der Waals surface area contributed by atoms with Crippen molar-refractivity contribution in [2.45, 2.75) is 56.9 Å². The molecule has 2 atom stereocenters. The average Bonchev–Trinajstić information content (AvgIpc) is 3.32. The minimum absolute atomic E-state index is 0.576. The van der Waals surface area contributed by atoms with E-state index < -0.39 is 0 Å². The van der Waals surface area contributed by atoms with Gasteiger partial charge in [-0.2, -0.15) is 0 Å². The number of methoxy groups -OCH3 is 1. The Kier molecular flexibility index (Phi) is 5.07.